The number of aryl methyl sites for hydroxylation is 1. The van der Waals surface area contributed by atoms with Crippen LogP contribution in [-0.2, 0) is 28.2 Å². The number of halogens is 1. The van der Waals surface area contributed by atoms with Gasteiger partial charge < -0.3 is 4.57 Å². The highest BCUT2D eigenvalue weighted by atomic mass is 35.5. The molecule has 9 heteroatoms. The summed E-state index contributed by atoms with van der Waals surface area (Å²) in [5.41, 5.74) is 0. The Morgan fingerprint density at radius 3 is 2.70 bits per heavy atom. The second kappa shape index (κ2) is 10.1. The third-order valence-corrected chi connectivity index (χ3v) is 9.25. The molecule has 1 saturated heterocycles. The summed E-state index contributed by atoms with van der Waals surface area (Å²) in [4.78, 5) is 21.9. The largest absolute Gasteiger partial charge is 0.327 e. The summed E-state index contributed by atoms with van der Waals surface area (Å²) in [6, 6.07) is 10.1. The molecule has 1 unspecified atom stereocenters. The van der Waals surface area contributed by atoms with Gasteiger partial charge in [-0.05, 0) is 54.4 Å². The lowest BCUT2D eigenvalue weighted by atomic mass is 9.97. The van der Waals surface area contributed by atoms with Crippen molar-refractivity contribution in [2.24, 2.45) is 12.0 Å². The third-order valence-electron chi connectivity index (χ3n) is 6.15. The molecule has 3 aromatic rings. The Kier molecular flexibility index (Phi) is 7.38. The van der Waals surface area contributed by atoms with Gasteiger partial charge >= 0.3 is 0 Å². The minimum Gasteiger partial charge on any atom is -0.327 e. The molecule has 2 heterocycles. The van der Waals surface area contributed by atoms with Gasteiger partial charge in [-0.25, -0.2) is 8.42 Å². The molecule has 1 atom stereocenters. The quantitative estimate of drug-likeness (QED) is 0.482. The average Bonchev–Trinajstić information content (AvgIpc) is 3.16. The van der Waals surface area contributed by atoms with Crippen molar-refractivity contribution in [1.29, 1.82) is 0 Å². The molecule has 0 N–H and O–H groups in total. The predicted octanol–water partition coefficient (Wildman–Crippen LogP) is 4.21. The first-order valence-corrected chi connectivity index (χ1v) is 13.9. The van der Waals surface area contributed by atoms with Crippen molar-refractivity contribution in [2.75, 3.05) is 19.3 Å². The normalized spacial score (nSPS) is 18.2. The molecule has 33 heavy (non-hydrogen) atoms. The number of Topliss-reactive ketones (excluding diaryl/α,β-unsaturated/α-hetero) is 1. The number of ketones is 1. The van der Waals surface area contributed by atoms with E-state index in [0.29, 0.717) is 11.6 Å². The van der Waals surface area contributed by atoms with Crippen molar-refractivity contribution < 1.29 is 13.2 Å². The molecule has 4 rings (SSSR count). The van der Waals surface area contributed by atoms with Crippen LogP contribution < -0.4 is 4.80 Å². The number of aromatic nitrogens is 1. The number of carbonyl (C=O) groups is 1. The van der Waals surface area contributed by atoms with E-state index in [0.717, 1.165) is 46.3 Å². The number of fused-ring (bicyclic) bond motifs is 1. The van der Waals surface area contributed by atoms with Crippen LogP contribution in [0, 0.1) is 0 Å². The third kappa shape index (κ3) is 5.57. The maximum Gasteiger partial charge on any atom is 0.184 e. The number of carbonyl (C=O) groups excluding carboxylic acids is 1. The molecule has 0 amide bonds. The minimum absolute atomic E-state index is 0.00665. The van der Waals surface area contributed by atoms with Gasteiger partial charge in [-0.3, -0.25) is 14.7 Å². The van der Waals surface area contributed by atoms with E-state index in [1.165, 1.54) is 0 Å². The van der Waals surface area contributed by atoms with Crippen molar-refractivity contribution in [3.05, 3.63) is 57.3 Å². The van der Waals surface area contributed by atoms with E-state index in [2.05, 4.69) is 16.1 Å². The lowest BCUT2D eigenvalue weighted by molar-refractivity contribution is -0.125. The summed E-state index contributed by atoms with van der Waals surface area (Å²) in [6.45, 7) is 1.53. The van der Waals surface area contributed by atoms with Crippen molar-refractivity contribution in [1.82, 2.24) is 9.47 Å². The van der Waals surface area contributed by atoms with E-state index < -0.39 is 9.84 Å². The van der Waals surface area contributed by atoms with E-state index in [-0.39, 0.29) is 28.9 Å². The Morgan fingerprint density at radius 1 is 1.18 bits per heavy atom. The molecule has 1 aromatic heterocycles. The molecule has 1 fully saturated rings. The molecule has 2 aromatic carbocycles. The van der Waals surface area contributed by atoms with Gasteiger partial charge in [-0.1, -0.05) is 30.2 Å². The monoisotopic (exact) mass is 505 g/mol. The van der Waals surface area contributed by atoms with Crippen LogP contribution in [0.2, 0.25) is 5.02 Å². The number of sulfone groups is 1. The van der Waals surface area contributed by atoms with E-state index in [4.69, 9.17) is 11.6 Å². The number of likely N-dealkylation sites (tertiary alicyclic amines) is 1. The molecule has 1 aliphatic rings. The summed E-state index contributed by atoms with van der Waals surface area (Å²) >= 11 is 7.64. The summed E-state index contributed by atoms with van der Waals surface area (Å²) < 4.78 is 27.9. The molecule has 0 aliphatic carbocycles. The molecular weight excluding hydrogens is 478 g/mol. The van der Waals surface area contributed by atoms with Crippen molar-refractivity contribution in [2.45, 2.75) is 43.2 Å². The van der Waals surface area contributed by atoms with E-state index in [1.54, 1.807) is 48.7 Å². The first-order chi connectivity index (χ1) is 15.8. The van der Waals surface area contributed by atoms with Gasteiger partial charge in [0.25, 0.3) is 0 Å². The van der Waals surface area contributed by atoms with Crippen LogP contribution in [0.3, 0.4) is 0 Å². The highest BCUT2D eigenvalue weighted by molar-refractivity contribution is 7.91. The summed E-state index contributed by atoms with van der Waals surface area (Å²) in [5.74, 6) is -0.172. The van der Waals surface area contributed by atoms with Crippen LogP contribution in [0.5, 0.6) is 0 Å². The standard InChI is InChI=1S/C24H28ClN3O3S2/c1-26-24-27(2)15-20(32-24)16-28-11-4-3-5-22(28)23(29)10-12-33(30,31)21-9-7-17-13-19(25)8-6-18(17)14-21/h6-9,13-15,22H,3-5,10-12,16H2,1-2H3. The Hall–Kier alpha value is -2.00. The fourth-order valence-electron chi connectivity index (χ4n) is 4.42. The van der Waals surface area contributed by atoms with Gasteiger partial charge in [0.2, 0.25) is 0 Å². The average molecular weight is 506 g/mol. The van der Waals surface area contributed by atoms with Gasteiger partial charge in [-0.15, -0.1) is 11.3 Å². The zero-order valence-corrected chi connectivity index (χ0v) is 21.2. The fourth-order valence-corrected chi connectivity index (χ4v) is 6.85. The molecular formula is C24H28ClN3O3S2. The Morgan fingerprint density at radius 2 is 1.94 bits per heavy atom. The van der Waals surface area contributed by atoms with Crippen LogP contribution in [0.25, 0.3) is 10.8 Å². The molecule has 0 bridgehead atoms. The van der Waals surface area contributed by atoms with Gasteiger partial charge in [0.15, 0.2) is 20.4 Å². The number of hydrogen-bond donors (Lipinski definition) is 0. The van der Waals surface area contributed by atoms with Crippen LogP contribution in [0.4, 0.5) is 0 Å². The van der Waals surface area contributed by atoms with E-state index >= 15 is 0 Å². The first-order valence-electron chi connectivity index (χ1n) is 11.0. The number of thiazole rings is 1. The molecule has 0 spiro atoms. The lowest BCUT2D eigenvalue weighted by Crippen LogP contribution is -2.44. The lowest BCUT2D eigenvalue weighted by Gasteiger charge is -2.34. The summed E-state index contributed by atoms with van der Waals surface area (Å²) in [7, 11) is 0.174. The van der Waals surface area contributed by atoms with Crippen molar-refractivity contribution >= 4 is 49.3 Å². The highest BCUT2D eigenvalue weighted by Gasteiger charge is 2.30. The fraction of sp³-hybridized carbons (Fsp3) is 0.417. The first kappa shape index (κ1) is 24.1. The zero-order valence-electron chi connectivity index (χ0n) is 18.8. The van der Waals surface area contributed by atoms with E-state index in [9.17, 15) is 13.2 Å². The summed E-state index contributed by atoms with van der Waals surface area (Å²) in [5, 5.41) is 2.31. The second-order valence-corrected chi connectivity index (χ2v) is 12.1. The van der Waals surface area contributed by atoms with Crippen molar-refractivity contribution in [3.63, 3.8) is 0 Å². The van der Waals surface area contributed by atoms with Gasteiger partial charge in [0, 0.05) is 43.2 Å². The maximum absolute atomic E-state index is 13.1. The second-order valence-electron chi connectivity index (χ2n) is 8.49. The highest BCUT2D eigenvalue weighted by Crippen LogP contribution is 2.25. The van der Waals surface area contributed by atoms with Crippen LogP contribution in [0.1, 0.15) is 30.6 Å². The minimum atomic E-state index is -3.56. The Labute approximate surface area is 203 Å². The topological polar surface area (TPSA) is 71.7 Å². The SMILES string of the molecule is CN=c1sc(CN2CCCCC2C(=O)CCS(=O)(=O)c2ccc3cc(Cl)ccc3c2)cn1C. The molecule has 0 radical (unpaired) electrons. The van der Waals surface area contributed by atoms with Gasteiger partial charge in [0.05, 0.1) is 16.7 Å². The Bertz CT molecular complexity index is 1340. The Balaban J connectivity index is 1.45. The molecule has 1 aliphatic heterocycles. The molecule has 176 valence electrons. The van der Waals surface area contributed by atoms with Crippen LogP contribution in [0.15, 0.2) is 52.5 Å². The molecule has 0 saturated carbocycles. The number of nitrogens with zero attached hydrogens (tertiary/aromatic N) is 3. The number of piperidine rings is 1. The maximum atomic E-state index is 13.1. The van der Waals surface area contributed by atoms with Gasteiger partial charge in [0.1, 0.15) is 0 Å². The van der Waals surface area contributed by atoms with Crippen LogP contribution >= 0.6 is 22.9 Å². The number of rotatable bonds is 7. The number of hydrogen-bond acceptors (Lipinski definition) is 6. The summed E-state index contributed by atoms with van der Waals surface area (Å²) in [6.07, 6.45) is 4.89. The van der Waals surface area contributed by atoms with Crippen LogP contribution in [-0.4, -0.2) is 49.1 Å². The predicted molar refractivity (Wildman–Crippen MR) is 133 cm³/mol. The number of benzene rings is 2. The van der Waals surface area contributed by atoms with E-state index in [1.807, 2.05) is 17.7 Å². The van der Waals surface area contributed by atoms with Gasteiger partial charge in [-0.2, -0.15) is 0 Å². The molecule has 6 nitrogen and oxygen atoms in total. The van der Waals surface area contributed by atoms with Crippen molar-refractivity contribution in [3.8, 4) is 0 Å². The smallest absolute Gasteiger partial charge is 0.184 e. The zero-order chi connectivity index (χ0) is 23.6.